The Balaban J connectivity index is 3.22. The van der Waals surface area contributed by atoms with Crippen LogP contribution in [0.3, 0.4) is 0 Å². The molecule has 0 saturated heterocycles. The third-order valence-electron chi connectivity index (χ3n) is 2.34. The molecule has 0 aliphatic rings. The van der Waals surface area contributed by atoms with E-state index < -0.39 is 0 Å². The van der Waals surface area contributed by atoms with Crippen molar-refractivity contribution < 1.29 is 9.47 Å². The second-order valence-electron chi connectivity index (χ2n) is 3.24. The number of rotatable bonds is 4. The highest BCUT2D eigenvalue weighted by atomic mass is 35.5. The lowest BCUT2D eigenvalue weighted by atomic mass is 10.0. The third-order valence-corrected chi connectivity index (χ3v) is 2.64. The number of benzene rings is 1. The first kappa shape index (κ1) is 12.1. The predicted molar refractivity (Wildman–Crippen MR) is 61.8 cm³/mol. The fourth-order valence-corrected chi connectivity index (χ4v) is 1.62. The highest BCUT2D eigenvalue weighted by Gasteiger charge is 2.14. The van der Waals surface area contributed by atoms with E-state index in [1.165, 1.54) is 0 Å². The second-order valence-corrected chi connectivity index (χ2v) is 3.65. The molecule has 0 bridgehead atoms. The molecule has 1 atom stereocenters. The zero-order valence-corrected chi connectivity index (χ0v) is 9.97. The van der Waals surface area contributed by atoms with E-state index in [-0.39, 0.29) is 6.04 Å². The van der Waals surface area contributed by atoms with Crippen molar-refractivity contribution in [2.75, 3.05) is 14.2 Å². The Hall–Kier alpha value is -0.930. The summed E-state index contributed by atoms with van der Waals surface area (Å²) in [6.07, 6.45) is 0.834. The van der Waals surface area contributed by atoms with Crippen molar-refractivity contribution >= 4 is 11.6 Å². The van der Waals surface area contributed by atoms with Crippen molar-refractivity contribution in [2.45, 2.75) is 19.4 Å². The fourth-order valence-electron chi connectivity index (χ4n) is 1.39. The number of ether oxygens (including phenoxy) is 2. The Labute approximate surface area is 95.1 Å². The molecule has 3 nitrogen and oxygen atoms in total. The predicted octanol–water partition coefficient (Wildman–Crippen LogP) is 2.77. The largest absolute Gasteiger partial charge is 0.496 e. The van der Waals surface area contributed by atoms with Crippen LogP contribution < -0.4 is 15.2 Å². The van der Waals surface area contributed by atoms with E-state index >= 15 is 0 Å². The summed E-state index contributed by atoms with van der Waals surface area (Å²) in [5, 5.41) is 0.529. The van der Waals surface area contributed by atoms with Crippen molar-refractivity contribution in [3.63, 3.8) is 0 Å². The lowest BCUT2D eigenvalue weighted by molar-refractivity contribution is 0.395. The fraction of sp³-hybridized carbons (Fsp3) is 0.455. The molecule has 1 unspecified atom stereocenters. The highest BCUT2D eigenvalue weighted by molar-refractivity contribution is 6.32. The summed E-state index contributed by atoms with van der Waals surface area (Å²) in [5.41, 5.74) is 6.88. The Morgan fingerprint density at radius 1 is 1.27 bits per heavy atom. The minimum Gasteiger partial charge on any atom is -0.496 e. The number of halogens is 1. The van der Waals surface area contributed by atoms with Crippen LogP contribution in [0.2, 0.25) is 5.02 Å². The van der Waals surface area contributed by atoms with Gasteiger partial charge in [-0.3, -0.25) is 0 Å². The Morgan fingerprint density at radius 3 is 2.33 bits per heavy atom. The van der Waals surface area contributed by atoms with Crippen molar-refractivity contribution in [2.24, 2.45) is 5.73 Å². The molecule has 0 aliphatic heterocycles. The molecule has 0 heterocycles. The molecule has 1 aromatic rings. The van der Waals surface area contributed by atoms with Crippen LogP contribution in [0.1, 0.15) is 24.9 Å². The number of hydrogen-bond acceptors (Lipinski definition) is 3. The first-order chi connectivity index (χ1) is 7.13. The Morgan fingerprint density at radius 2 is 1.87 bits per heavy atom. The Bertz CT molecular complexity index is 342. The molecule has 15 heavy (non-hydrogen) atoms. The molecule has 2 N–H and O–H groups in total. The third kappa shape index (κ3) is 2.55. The molecule has 0 saturated carbocycles. The summed E-state index contributed by atoms with van der Waals surface area (Å²) in [7, 11) is 3.18. The monoisotopic (exact) mass is 229 g/mol. The van der Waals surface area contributed by atoms with Gasteiger partial charge in [-0.2, -0.15) is 0 Å². The zero-order valence-electron chi connectivity index (χ0n) is 9.21. The lowest BCUT2D eigenvalue weighted by Gasteiger charge is -2.16. The van der Waals surface area contributed by atoms with Gasteiger partial charge in [0.05, 0.1) is 19.2 Å². The van der Waals surface area contributed by atoms with Crippen LogP contribution in [0.5, 0.6) is 11.5 Å². The van der Waals surface area contributed by atoms with Crippen LogP contribution in [0, 0.1) is 0 Å². The van der Waals surface area contributed by atoms with Gasteiger partial charge in [-0.1, -0.05) is 18.5 Å². The van der Waals surface area contributed by atoms with E-state index in [1.54, 1.807) is 20.3 Å². The van der Waals surface area contributed by atoms with Gasteiger partial charge < -0.3 is 15.2 Å². The van der Waals surface area contributed by atoms with Gasteiger partial charge in [-0.25, -0.2) is 0 Å². The first-order valence-electron chi connectivity index (χ1n) is 4.81. The number of nitrogens with two attached hydrogens (primary N) is 1. The van der Waals surface area contributed by atoms with Crippen molar-refractivity contribution in [3.8, 4) is 11.5 Å². The van der Waals surface area contributed by atoms with Gasteiger partial charge in [-0.05, 0) is 12.5 Å². The summed E-state index contributed by atoms with van der Waals surface area (Å²) in [4.78, 5) is 0. The summed E-state index contributed by atoms with van der Waals surface area (Å²) < 4.78 is 10.4. The van der Waals surface area contributed by atoms with Gasteiger partial charge in [0.1, 0.15) is 11.5 Å². The number of methoxy groups -OCH3 is 2. The molecular weight excluding hydrogens is 214 g/mol. The maximum Gasteiger partial charge on any atom is 0.138 e. The zero-order chi connectivity index (χ0) is 11.4. The molecule has 0 amide bonds. The van der Waals surface area contributed by atoms with E-state index in [4.69, 9.17) is 26.8 Å². The summed E-state index contributed by atoms with van der Waals surface area (Å²) in [6.45, 7) is 2.02. The standard InChI is InChI=1S/C11H16ClNO2/c1-4-9(13)7-5-11(15-3)8(12)6-10(7)14-2/h5-6,9H,4,13H2,1-3H3. The normalized spacial score (nSPS) is 12.3. The van der Waals surface area contributed by atoms with Crippen molar-refractivity contribution in [1.29, 1.82) is 0 Å². The van der Waals surface area contributed by atoms with Crippen molar-refractivity contribution in [3.05, 3.63) is 22.7 Å². The quantitative estimate of drug-likeness (QED) is 0.864. The van der Waals surface area contributed by atoms with Crippen LogP contribution >= 0.6 is 11.6 Å². The molecular formula is C11H16ClNO2. The molecule has 0 aromatic heterocycles. The summed E-state index contributed by atoms with van der Waals surface area (Å²) >= 11 is 5.98. The number of hydrogen-bond donors (Lipinski definition) is 1. The lowest BCUT2D eigenvalue weighted by Crippen LogP contribution is -2.10. The van der Waals surface area contributed by atoms with Gasteiger partial charge in [-0.15, -0.1) is 0 Å². The van der Waals surface area contributed by atoms with Gasteiger partial charge >= 0.3 is 0 Å². The molecule has 0 radical (unpaired) electrons. The van der Waals surface area contributed by atoms with E-state index in [0.29, 0.717) is 16.5 Å². The van der Waals surface area contributed by atoms with Crippen molar-refractivity contribution in [1.82, 2.24) is 0 Å². The summed E-state index contributed by atoms with van der Waals surface area (Å²) in [6, 6.07) is 3.49. The van der Waals surface area contributed by atoms with Crippen LogP contribution in [0.4, 0.5) is 0 Å². The average Bonchev–Trinajstić information content (AvgIpc) is 2.27. The maximum atomic E-state index is 5.98. The van der Waals surface area contributed by atoms with Gasteiger partial charge in [0, 0.05) is 17.7 Å². The molecule has 0 spiro atoms. The first-order valence-corrected chi connectivity index (χ1v) is 5.18. The minimum atomic E-state index is -0.0638. The average molecular weight is 230 g/mol. The van der Waals surface area contributed by atoms with E-state index in [0.717, 1.165) is 12.0 Å². The second kappa shape index (κ2) is 5.24. The SMILES string of the molecule is CCC(N)c1cc(OC)c(Cl)cc1OC. The van der Waals surface area contributed by atoms with E-state index in [1.807, 2.05) is 13.0 Å². The van der Waals surface area contributed by atoms with Crippen LogP contribution in [-0.2, 0) is 0 Å². The molecule has 4 heteroatoms. The Kier molecular flexibility index (Phi) is 4.24. The van der Waals surface area contributed by atoms with Crippen LogP contribution in [0.25, 0.3) is 0 Å². The van der Waals surface area contributed by atoms with Crippen LogP contribution in [-0.4, -0.2) is 14.2 Å². The van der Waals surface area contributed by atoms with Gasteiger partial charge in [0.25, 0.3) is 0 Å². The molecule has 1 aromatic carbocycles. The highest BCUT2D eigenvalue weighted by Crippen LogP contribution is 2.35. The summed E-state index contributed by atoms with van der Waals surface area (Å²) in [5.74, 6) is 1.33. The molecule has 1 rings (SSSR count). The van der Waals surface area contributed by atoms with E-state index in [9.17, 15) is 0 Å². The topological polar surface area (TPSA) is 44.5 Å². The smallest absolute Gasteiger partial charge is 0.138 e. The molecule has 0 fully saturated rings. The molecule has 0 aliphatic carbocycles. The molecule has 84 valence electrons. The van der Waals surface area contributed by atoms with Gasteiger partial charge in [0.15, 0.2) is 0 Å². The van der Waals surface area contributed by atoms with Gasteiger partial charge in [0.2, 0.25) is 0 Å². The van der Waals surface area contributed by atoms with Crippen LogP contribution in [0.15, 0.2) is 12.1 Å². The minimum absolute atomic E-state index is 0.0638. The maximum absolute atomic E-state index is 5.98. The van der Waals surface area contributed by atoms with E-state index in [2.05, 4.69) is 0 Å².